The van der Waals surface area contributed by atoms with Gasteiger partial charge < -0.3 is 29.5 Å². The zero-order chi connectivity index (χ0) is 19.9. The van der Waals surface area contributed by atoms with Crippen LogP contribution in [0.15, 0.2) is 27.7 Å². The second-order valence-corrected chi connectivity index (χ2v) is 6.57. The van der Waals surface area contributed by atoms with Gasteiger partial charge in [0.1, 0.15) is 18.0 Å². The molecule has 28 heavy (non-hydrogen) atoms. The number of methoxy groups -OCH3 is 2. The van der Waals surface area contributed by atoms with Crippen LogP contribution in [0, 0.1) is 6.92 Å². The lowest BCUT2D eigenvalue weighted by atomic mass is 10.2. The van der Waals surface area contributed by atoms with Crippen molar-refractivity contribution in [1.29, 1.82) is 0 Å². The van der Waals surface area contributed by atoms with Crippen LogP contribution >= 0.6 is 0 Å². The molecule has 9 heteroatoms. The molecule has 1 unspecified atom stereocenters. The van der Waals surface area contributed by atoms with Gasteiger partial charge in [0.15, 0.2) is 11.8 Å². The largest absolute Gasteiger partial charge is 0.497 e. The van der Waals surface area contributed by atoms with Crippen molar-refractivity contribution in [2.75, 3.05) is 38.8 Å². The van der Waals surface area contributed by atoms with Crippen LogP contribution in [-0.2, 0) is 6.54 Å². The van der Waals surface area contributed by atoms with Crippen molar-refractivity contribution in [1.82, 2.24) is 20.8 Å². The third kappa shape index (κ3) is 5.05. The smallest absolute Gasteiger partial charge is 0.223 e. The number of hydrogen-bond acceptors (Lipinski definition) is 7. The third-order valence-corrected chi connectivity index (χ3v) is 4.52. The molecule has 0 spiro atoms. The monoisotopic (exact) mass is 388 g/mol. The Balaban J connectivity index is 1.63. The number of aromatic nitrogens is 2. The summed E-state index contributed by atoms with van der Waals surface area (Å²) in [6, 6.07) is 6.22. The maximum absolute atomic E-state index is 5.39. The highest BCUT2D eigenvalue weighted by molar-refractivity contribution is 5.80. The Bertz CT molecular complexity index is 784. The molecule has 0 bridgehead atoms. The predicted octanol–water partition coefficient (Wildman–Crippen LogP) is 1.73. The Morgan fingerprint density at radius 3 is 2.64 bits per heavy atom. The number of anilines is 1. The maximum Gasteiger partial charge on any atom is 0.223 e. The van der Waals surface area contributed by atoms with Gasteiger partial charge in [0.05, 0.1) is 14.2 Å². The van der Waals surface area contributed by atoms with Crippen LogP contribution in [0.4, 0.5) is 5.69 Å². The van der Waals surface area contributed by atoms with E-state index in [1.807, 2.05) is 25.1 Å². The van der Waals surface area contributed by atoms with Gasteiger partial charge in [-0.05, 0) is 13.3 Å². The van der Waals surface area contributed by atoms with Gasteiger partial charge in [0, 0.05) is 56.5 Å². The van der Waals surface area contributed by atoms with Crippen molar-refractivity contribution >= 4 is 11.6 Å². The molecule has 0 aliphatic carbocycles. The Kier molecular flexibility index (Phi) is 6.57. The molecular formula is C19H28N6O3. The fourth-order valence-corrected chi connectivity index (χ4v) is 3.16. The van der Waals surface area contributed by atoms with E-state index >= 15 is 0 Å². The normalized spacial score (nSPS) is 16.9. The van der Waals surface area contributed by atoms with Gasteiger partial charge in [0.2, 0.25) is 5.89 Å². The standard InChI is InChI=1S/C19H28N6O3/c1-5-20-19(21-11-18-22-13(2)28-24-18)23-14-6-7-25(12-14)15-8-16(26-3)10-17(9-15)27-4/h8-10,14H,5-7,11-12H2,1-4H3,(H2,20,21,23). The Hall–Kier alpha value is -2.97. The predicted molar refractivity (Wildman–Crippen MR) is 107 cm³/mol. The first-order valence-electron chi connectivity index (χ1n) is 9.43. The molecule has 0 saturated carbocycles. The minimum atomic E-state index is 0.280. The molecule has 1 aromatic carbocycles. The van der Waals surface area contributed by atoms with Crippen LogP contribution in [-0.4, -0.2) is 56.0 Å². The van der Waals surface area contributed by atoms with E-state index in [9.17, 15) is 0 Å². The van der Waals surface area contributed by atoms with Crippen LogP contribution < -0.4 is 25.0 Å². The average molecular weight is 388 g/mol. The first-order valence-corrected chi connectivity index (χ1v) is 9.43. The lowest BCUT2D eigenvalue weighted by Gasteiger charge is -2.21. The molecule has 2 aromatic rings. The molecule has 1 atom stereocenters. The van der Waals surface area contributed by atoms with E-state index in [0.29, 0.717) is 18.3 Å². The fraction of sp³-hybridized carbons (Fsp3) is 0.526. The molecule has 152 valence electrons. The van der Waals surface area contributed by atoms with Crippen molar-refractivity contribution in [3.63, 3.8) is 0 Å². The summed E-state index contributed by atoms with van der Waals surface area (Å²) in [6.45, 7) is 6.76. The minimum Gasteiger partial charge on any atom is -0.497 e. The Morgan fingerprint density at radius 1 is 1.29 bits per heavy atom. The van der Waals surface area contributed by atoms with Gasteiger partial charge in [-0.2, -0.15) is 4.98 Å². The highest BCUT2D eigenvalue weighted by Gasteiger charge is 2.24. The summed E-state index contributed by atoms with van der Waals surface area (Å²) in [5.74, 6) is 3.45. The number of benzene rings is 1. The number of nitrogens with zero attached hydrogens (tertiary/aromatic N) is 4. The Labute approximate surface area is 165 Å². The number of guanidine groups is 1. The highest BCUT2D eigenvalue weighted by Crippen LogP contribution is 2.30. The summed E-state index contributed by atoms with van der Waals surface area (Å²) in [6.07, 6.45) is 1.01. The fourth-order valence-electron chi connectivity index (χ4n) is 3.16. The zero-order valence-corrected chi connectivity index (χ0v) is 16.9. The van der Waals surface area contributed by atoms with Gasteiger partial charge in [-0.25, -0.2) is 4.99 Å². The lowest BCUT2D eigenvalue weighted by Crippen LogP contribution is -2.44. The zero-order valence-electron chi connectivity index (χ0n) is 16.9. The van der Waals surface area contributed by atoms with E-state index in [1.165, 1.54) is 0 Å². The first-order chi connectivity index (χ1) is 13.6. The Morgan fingerprint density at radius 2 is 2.04 bits per heavy atom. The number of aryl methyl sites for hydroxylation is 1. The summed E-state index contributed by atoms with van der Waals surface area (Å²) in [5, 5.41) is 10.7. The molecule has 3 rings (SSSR count). The number of rotatable bonds is 7. The van der Waals surface area contributed by atoms with E-state index in [2.05, 4.69) is 30.7 Å². The van der Waals surface area contributed by atoms with Crippen LogP contribution in [0.2, 0.25) is 0 Å². The van der Waals surface area contributed by atoms with Crippen molar-refractivity contribution in [2.45, 2.75) is 32.9 Å². The summed E-state index contributed by atoms with van der Waals surface area (Å²) in [5.41, 5.74) is 1.09. The summed E-state index contributed by atoms with van der Waals surface area (Å²) >= 11 is 0. The van der Waals surface area contributed by atoms with E-state index in [-0.39, 0.29) is 6.04 Å². The van der Waals surface area contributed by atoms with Gasteiger partial charge in [-0.3, -0.25) is 0 Å². The molecular weight excluding hydrogens is 360 g/mol. The SMILES string of the molecule is CCNC(=NCc1noc(C)n1)NC1CCN(c2cc(OC)cc(OC)c2)C1. The molecule has 1 aliphatic rings. The second-order valence-electron chi connectivity index (χ2n) is 6.57. The molecule has 0 radical (unpaired) electrons. The van der Waals surface area contributed by atoms with Crippen LogP contribution in [0.1, 0.15) is 25.1 Å². The summed E-state index contributed by atoms with van der Waals surface area (Å²) < 4.78 is 15.8. The molecule has 1 fully saturated rings. The van der Waals surface area contributed by atoms with Crippen LogP contribution in [0.3, 0.4) is 0 Å². The number of ether oxygens (including phenoxy) is 2. The summed E-state index contributed by atoms with van der Waals surface area (Å²) in [7, 11) is 3.33. The number of aliphatic imine (C=N–C) groups is 1. The van der Waals surface area contributed by atoms with Gasteiger partial charge in [-0.15, -0.1) is 0 Å². The highest BCUT2D eigenvalue weighted by atomic mass is 16.5. The van der Waals surface area contributed by atoms with Gasteiger partial charge in [0.25, 0.3) is 0 Å². The molecule has 0 amide bonds. The van der Waals surface area contributed by atoms with Crippen molar-refractivity contribution in [3.8, 4) is 11.5 Å². The first kappa shape index (κ1) is 19.8. The summed E-state index contributed by atoms with van der Waals surface area (Å²) in [4.78, 5) is 11.1. The third-order valence-electron chi connectivity index (χ3n) is 4.52. The van der Waals surface area contributed by atoms with Crippen molar-refractivity contribution in [3.05, 3.63) is 29.9 Å². The van der Waals surface area contributed by atoms with E-state index in [4.69, 9.17) is 14.0 Å². The number of nitrogens with one attached hydrogen (secondary N) is 2. The van der Waals surface area contributed by atoms with E-state index in [1.54, 1.807) is 21.1 Å². The molecule has 1 aliphatic heterocycles. The van der Waals surface area contributed by atoms with Crippen LogP contribution in [0.25, 0.3) is 0 Å². The van der Waals surface area contributed by atoms with Crippen LogP contribution in [0.5, 0.6) is 11.5 Å². The maximum atomic E-state index is 5.39. The molecule has 1 saturated heterocycles. The second kappa shape index (κ2) is 9.29. The average Bonchev–Trinajstić information content (AvgIpc) is 3.34. The quantitative estimate of drug-likeness (QED) is 0.547. The van der Waals surface area contributed by atoms with Gasteiger partial charge in [-0.1, -0.05) is 5.16 Å². The molecule has 9 nitrogen and oxygen atoms in total. The van der Waals surface area contributed by atoms with Crippen molar-refractivity contribution in [2.24, 2.45) is 4.99 Å². The molecule has 2 N–H and O–H groups in total. The molecule has 2 heterocycles. The van der Waals surface area contributed by atoms with Crippen molar-refractivity contribution < 1.29 is 14.0 Å². The lowest BCUT2D eigenvalue weighted by molar-refractivity contribution is 0.387. The topological polar surface area (TPSA) is 97.0 Å². The number of hydrogen-bond donors (Lipinski definition) is 2. The van der Waals surface area contributed by atoms with Gasteiger partial charge >= 0.3 is 0 Å². The van der Waals surface area contributed by atoms with E-state index < -0.39 is 0 Å². The van der Waals surface area contributed by atoms with E-state index in [0.717, 1.165) is 49.2 Å². The minimum absolute atomic E-state index is 0.280. The molecule has 1 aromatic heterocycles.